The zero-order valence-electron chi connectivity index (χ0n) is 21.7. The molecule has 0 aliphatic carbocycles. The number of carbonyl (C=O) groups excluding carboxylic acids is 1. The highest BCUT2D eigenvalue weighted by Crippen LogP contribution is 2.43. The maximum atomic E-state index is 12.3. The van der Waals surface area contributed by atoms with E-state index in [-0.39, 0.29) is 17.3 Å². The van der Waals surface area contributed by atoms with E-state index in [1.54, 1.807) is 0 Å². The van der Waals surface area contributed by atoms with Gasteiger partial charge in [0.05, 0.1) is 29.9 Å². The minimum absolute atomic E-state index is 0.152. The standard InChI is InChI=1S/C24H36N6O2S2/c1-11-24(8,9)21(31)32-14-13-30(12-2)22-26-18(23(5,6)7)20(33-22)28-27-19-17(25-10)16(15(3)4)29-34-19/h15H,11-14H2,1-9H3. The third-order valence-electron chi connectivity index (χ3n) is 5.56. The van der Waals surface area contributed by atoms with Gasteiger partial charge >= 0.3 is 5.97 Å². The monoisotopic (exact) mass is 504 g/mol. The summed E-state index contributed by atoms with van der Waals surface area (Å²) in [5, 5.41) is 10.9. The van der Waals surface area contributed by atoms with Crippen LogP contribution in [0.3, 0.4) is 0 Å². The van der Waals surface area contributed by atoms with Gasteiger partial charge in [0, 0.05) is 12.0 Å². The summed E-state index contributed by atoms with van der Waals surface area (Å²) in [6.07, 6.45) is 0.729. The van der Waals surface area contributed by atoms with Crippen molar-refractivity contribution in [3.63, 3.8) is 0 Å². The minimum Gasteiger partial charge on any atom is -0.463 e. The van der Waals surface area contributed by atoms with Crippen LogP contribution in [0, 0.1) is 12.0 Å². The third-order valence-corrected chi connectivity index (χ3v) is 7.29. The Kier molecular flexibility index (Phi) is 9.31. The van der Waals surface area contributed by atoms with Gasteiger partial charge in [-0.1, -0.05) is 52.9 Å². The summed E-state index contributed by atoms with van der Waals surface area (Å²) in [5.74, 6) is -0.0319. The van der Waals surface area contributed by atoms with Crippen LogP contribution in [-0.4, -0.2) is 35.0 Å². The van der Waals surface area contributed by atoms with E-state index in [1.165, 1.54) is 22.9 Å². The zero-order chi connectivity index (χ0) is 25.7. The van der Waals surface area contributed by atoms with Gasteiger partial charge in [-0.3, -0.25) is 4.79 Å². The molecule has 0 fully saturated rings. The van der Waals surface area contributed by atoms with E-state index in [2.05, 4.69) is 45.1 Å². The molecule has 186 valence electrons. The lowest BCUT2D eigenvalue weighted by atomic mass is 9.91. The van der Waals surface area contributed by atoms with Crippen molar-refractivity contribution < 1.29 is 9.53 Å². The molecule has 0 atom stereocenters. The second-order valence-corrected chi connectivity index (χ2v) is 11.7. The largest absolute Gasteiger partial charge is 0.463 e. The Bertz CT molecular complexity index is 1060. The van der Waals surface area contributed by atoms with E-state index < -0.39 is 5.41 Å². The number of likely N-dealkylation sites (N-methyl/N-ethyl adjacent to an activating group) is 1. The van der Waals surface area contributed by atoms with Crippen LogP contribution >= 0.6 is 22.9 Å². The molecule has 2 heterocycles. The summed E-state index contributed by atoms with van der Waals surface area (Å²) in [6.45, 7) is 27.2. The average molecular weight is 505 g/mol. The highest BCUT2D eigenvalue weighted by Gasteiger charge is 2.28. The number of rotatable bonds is 10. The summed E-state index contributed by atoms with van der Waals surface area (Å²) in [5.41, 5.74) is 1.35. The molecule has 0 aliphatic heterocycles. The van der Waals surface area contributed by atoms with Gasteiger partial charge in [0.25, 0.3) is 0 Å². The molecule has 0 radical (unpaired) electrons. The van der Waals surface area contributed by atoms with E-state index in [1.807, 2.05) is 41.5 Å². The van der Waals surface area contributed by atoms with Gasteiger partial charge in [-0.2, -0.15) is 0 Å². The molecule has 0 aromatic carbocycles. The SMILES string of the molecule is [C-]#[N+]c1c(C(C)C)nsc1N=Nc1sc(N(CC)CCOC(=O)C(C)(C)CC)nc1C(C)(C)C. The van der Waals surface area contributed by atoms with Crippen LogP contribution in [0.1, 0.15) is 86.0 Å². The molecule has 2 aromatic rings. The van der Waals surface area contributed by atoms with Crippen LogP contribution in [0.25, 0.3) is 4.85 Å². The predicted octanol–water partition coefficient (Wildman–Crippen LogP) is 7.79. The lowest BCUT2D eigenvalue weighted by Gasteiger charge is -2.23. The van der Waals surface area contributed by atoms with Gasteiger partial charge in [0.15, 0.2) is 15.1 Å². The molecule has 0 N–H and O–H groups in total. The first kappa shape index (κ1) is 27.9. The molecule has 0 saturated heterocycles. The molecule has 0 unspecified atom stereocenters. The Morgan fingerprint density at radius 2 is 1.82 bits per heavy atom. The summed E-state index contributed by atoms with van der Waals surface area (Å²) >= 11 is 2.65. The number of aromatic nitrogens is 2. The quantitative estimate of drug-likeness (QED) is 0.187. The number of azo groups is 1. The molecule has 8 nitrogen and oxygen atoms in total. The topological polar surface area (TPSA) is 84.4 Å². The van der Waals surface area contributed by atoms with Crippen LogP contribution in [0.15, 0.2) is 10.2 Å². The second kappa shape index (κ2) is 11.4. The Morgan fingerprint density at radius 1 is 1.18 bits per heavy atom. The normalized spacial score (nSPS) is 12.4. The number of ether oxygens (including phenoxy) is 1. The van der Waals surface area contributed by atoms with Crippen LogP contribution in [-0.2, 0) is 14.9 Å². The Balaban J connectivity index is 2.28. The molecule has 0 spiro atoms. The lowest BCUT2D eigenvalue weighted by molar-refractivity contribution is -0.153. The zero-order valence-corrected chi connectivity index (χ0v) is 23.4. The van der Waals surface area contributed by atoms with Crippen molar-refractivity contribution in [2.45, 2.75) is 80.1 Å². The highest BCUT2D eigenvalue weighted by molar-refractivity contribution is 7.19. The fourth-order valence-corrected chi connectivity index (χ4v) is 4.88. The maximum absolute atomic E-state index is 12.3. The molecule has 34 heavy (non-hydrogen) atoms. The van der Waals surface area contributed by atoms with Gasteiger partial charge in [-0.15, -0.1) is 10.2 Å². The van der Waals surface area contributed by atoms with Gasteiger partial charge in [0.2, 0.25) is 5.69 Å². The number of hydrogen-bond acceptors (Lipinski definition) is 9. The number of esters is 1. The van der Waals surface area contributed by atoms with Gasteiger partial charge in [-0.05, 0) is 44.6 Å². The van der Waals surface area contributed by atoms with Crippen LogP contribution in [0.2, 0.25) is 0 Å². The van der Waals surface area contributed by atoms with E-state index in [0.717, 1.165) is 29.5 Å². The molecular formula is C24H36N6O2S2. The van der Waals surface area contributed by atoms with Crippen molar-refractivity contribution in [3.05, 3.63) is 22.8 Å². The molecule has 0 aliphatic rings. The summed E-state index contributed by atoms with van der Waals surface area (Å²) in [6, 6.07) is 0. The average Bonchev–Trinajstić information content (AvgIpc) is 3.38. The van der Waals surface area contributed by atoms with Crippen molar-refractivity contribution in [2.75, 3.05) is 24.6 Å². The fraction of sp³-hybridized carbons (Fsp3) is 0.667. The molecular weight excluding hydrogens is 468 g/mol. The third kappa shape index (κ3) is 6.60. The van der Waals surface area contributed by atoms with Gasteiger partial charge < -0.3 is 9.64 Å². The van der Waals surface area contributed by atoms with E-state index in [0.29, 0.717) is 28.8 Å². The number of hydrogen-bond donors (Lipinski definition) is 0. The Labute approximate surface area is 211 Å². The summed E-state index contributed by atoms with van der Waals surface area (Å²) in [7, 11) is 0. The fourth-order valence-electron chi connectivity index (χ4n) is 2.90. The summed E-state index contributed by atoms with van der Waals surface area (Å²) in [4.78, 5) is 22.9. The van der Waals surface area contributed by atoms with E-state index in [9.17, 15) is 4.79 Å². The number of nitrogens with zero attached hydrogens (tertiary/aromatic N) is 6. The first-order valence-corrected chi connectivity index (χ1v) is 13.2. The van der Waals surface area contributed by atoms with Crippen LogP contribution < -0.4 is 4.90 Å². The Morgan fingerprint density at radius 3 is 2.35 bits per heavy atom. The first-order chi connectivity index (χ1) is 15.8. The lowest BCUT2D eigenvalue weighted by Crippen LogP contribution is -2.31. The molecule has 0 saturated carbocycles. The maximum Gasteiger partial charge on any atom is 0.311 e. The van der Waals surface area contributed by atoms with Crippen molar-refractivity contribution in [1.82, 2.24) is 9.36 Å². The van der Waals surface area contributed by atoms with Crippen molar-refractivity contribution in [3.8, 4) is 0 Å². The highest BCUT2D eigenvalue weighted by atomic mass is 32.1. The van der Waals surface area contributed by atoms with Crippen molar-refractivity contribution >= 4 is 49.7 Å². The molecule has 0 bridgehead atoms. The number of anilines is 1. The smallest absolute Gasteiger partial charge is 0.311 e. The van der Waals surface area contributed by atoms with Crippen LogP contribution in [0.4, 0.5) is 20.8 Å². The van der Waals surface area contributed by atoms with Crippen molar-refractivity contribution in [2.24, 2.45) is 15.6 Å². The van der Waals surface area contributed by atoms with Gasteiger partial charge in [-0.25, -0.2) is 14.2 Å². The minimum atomic E-state index is -0.485. The Hall–Kier alpha value is -2.38. The molecule has 2 rings (SSSR count). The van der Waals surface area contributed by atoms with Gasteiger partial charge in [0.1, 0.15) is 6.61 Å². The van der Waals surface area contributed by atoms with E-state index >= 15 is 0 Å². The molecule has 10 heteroatoms. The molecule has 2 aromatic heterocycles. The van der Waals surface area contributed by atoms with Crippen molar-refractivity contribution in [1.29, 1.82) is 0 Å². The number of carbonyl (C=O) groups is 1. The first-order valence-electron chi connectivity index (χ1n) is 11.6. The predicted molar refractivity (Wildman–Crippen MR) is 140 cm³/mol. The second-order valence-electron chi connectivity index (χ2n) is 10.0. The molecule has 0 amide bonds. The van der Waals surface area contributed by atoms with E-state index in [4.69, 9.17) is 16.3 Å². The van der Waals surface area contributed by atoms with Crippen LogP contribution in [0.5, 0.6) is 0 Å². The number of thiazole rings is 1. The summed E-state index contributed by atoms with van der Waals surface area (Å²) < 4.78 is 9.93.